The molecule has 3 aromatic heterocycles. The molecular weight excluding hydrogens is 509 g/mol. The van der Waals surface area contributed by atoms with Gasteiger partial charge >= 0.3 is 21.1 Å². The third-order valence-corrected chi connectivity index (χ3v) is 3.47. The van der Waals surface area contributed by atoms with Gasteiger partial charge in [-0.2, -0.15) is 46.1 Å². The molecule has 0 saturated carbocycles. The van der Waals surface area contributed by atoms with Gasteiger partial charge in [-0.3, -0.25) is 0 Å². The maximum atomic E-state index is 4.19. The summed E-state index contributed by atoms with van der Waals surface area (Å²) in [5.74, 6) is 1.43. The van der Waals surface area contributed by atoms with Crippen LogP contribution in [0.1, 0.15) is 5.56 Å². The van der Waals surface area contributed by atoms with Crippen molar-refractivity contribution in [2.75, 3.05) is 0 Å². The molecule has 0 N–H and O–H groups in total. The molecule has 0 spiro atoms. The summed E-state index contributed by atoms with van der Waals surface area (Å²) in [5, 5.41) is 15.7. The van der Waals surface area contributed by atoms with Gasteiger partial charge in [0.2, 0.25) is 0 Å². The maximum absolute atomic E-state index is 4.19. The first-order valence-corrected chi connectivity index (χ1v) is 7.64. The van der Waals surface area contributed by atoms with Crippen molar-refractivity contribution in [2.24, 2.45) is 14.1 Å². The Morgan fingerprint density at radius 2 is 1.35 bits per heavy atom. The molecule has 7 nitrogen and oxygen atoms in total. The molecule has 3 heterocycles. The Bertz CT molecular complexity index is 891. The number of pyridine rings is 1. The van der Waals surface area contributed by atoms with E-state index >= 15 is 0 Å². The normalized spacial score (nSPS) is 9.81. The number of hydrogen-bond acceptors (Lipinski definition) is 5. The largest absolute Gasteiger partial charge is 2.00 e. The Labute approximate surface area is 166 Å². The average Bonchev–Trinajstić information content (AvgIpc) is 3.24. The minimum absolute atomic E-state index is 0. The smallest absolute Gasteiger partial charge is 0.349 e. The molecule has 0 atom stereocenters. The van der Waals surface area contributed by atoms with Gasteiger partial charge in [0.25, 0.3) is 0 Å². The summed E-state index contributed by atoms with van der Waals surface area (Å²) in [6.45, 7) is 2.06. The molecule has 0 bridgehead atoms. The monoisotopic (exact) mass is 526 g/mol. The van der Waals surface area contributed by atoms with E-state index in [9.17, 15) is 0 Å². The molecule has 0 amide bonds. The molecule has 1 aromatic carbocycles. The van der Waals surface area contributed by atoms with E-state index in [0.29, 0.717) is 11.6 Å². The molecule has 0 aliphatic carbocycles. The van der Waals surface area contributed by atoms with E-state index in [-0.39, 0.29) is 21.1 Å². The number of aryl methyl sites for hydroxylation is 3. The van der Waals surface area contributed by atoms with Crippen molar-refractivity contribution < 1.29 is 21.1 Å². The second-order valence-electron chi connectivity index (χ2n) is 5.47. The molecule has 134 valence electrons. The van der Waals surface area contributed by atoms with Gasteiger partial charge in [0, 0.05) is 14.1 Å². The zero-order valence-corrected chi connectivity index (χ0v) is 16.8. The van der Waals surface area contributed by atoms with Gasteiger partial charge in [-0.05, 0) is 12.4 Å². The van der Waals surface area contributed by atoms with Crippen molar-refractivity contribution in [1.82, 2.24) is 34.5 Å². The van der Waals surface area contributed by atoms with Crippen LogP contribution in [0.25, 0.3) is 22.8 Å². The van der Waals surface area contributed by atoms with E-state index in [0.717, 1.165) is 11.1 Å². The molecule has 0 aliphatic rings. The minimum Gasteiger partial charge on any atom is -0.349 e. The third-order valence-electron chi connectivity index (χ3n) is 3.47. The fourth-order valence-corrected chi connectivity index (χ4v) is 2.15. The van der Waals surface area contributed by atoms with E-state index in [1.54, 1.807) is 25.0 Å². The van der Waals surface area contributed by atoms with Gasteiger partial charge in [0.1, 0.15) is 12.7 Å². The van der Waals surface area contributed by atoms with Crippen LogP contribution in [0, 0.1) is 19.1 Å². The number of nitrogens with zero attached hydrogens (tertiary/aromatic N) is 7. The molecule has 0 radical (unpaired) electrons. The molecule has 0 fully saturated rings. The van der Waals surface area contributed by atoms with E-state index < -0.39 is 0 Å². The maximum Gasteiger partial charge on any atom is 2.00 e. The predicted molar refractivity (Wildman–Crippen MR) is 93.1 cm³/mol. The van der Waals surface area contributed by atoms with Crippen molar-refractivity contribution >= 4 is 0 Å². The van der Waals surface area contributed by atoms with Crippen molar-refractivity contribution in [3.05, 3.63) is 67.0 Å². The van der Waals surface area contributed by atoms with Crippen molar-refractivity contribution in [3.63, 3.8) is 0 Å². The molecule has 0 aliphatic heterocycles. The predicted octanol–water partition coefficient (Wildman–Crippen LogP) is 2.27. The summed E-state index contributed by atoms with van der Waals surface area (Å²) in [6, 6.07) is 14.0. The van der Waals surface area contributed by atoms with Crippen LogP contribution < -0.4 is 0 Å². The fraction of sp³-hybridized carbons (Fsp3) is 0.167. The first kappa shape index (κ1) is 19.7. The van der Waals surface area contributed by atoms with Crippen LogP contribution in [0.15, 0.2) is 49.3 Å². The molecule has 0 saturated heterocycles. The quantitative estimate of drug-likeness (QED) is 0.375. The van der Waals surface area contributed by atoms with Crippen LogP contribution in [0.3, 0.4) is 0 Å². The van der Waals surface area contributed by atoms with Crippen molar-refractivity contribution in [2.45, 2.75) is 6.92 Å². The molecular formula is C18H17N7Pt. The Morgan fingerprint density at radius 3 is 1.69 bits per heavy atom. The second kappa shape index (κ2) is 9.15. The van der Waals surface area contributed by atoms with Crippen molar-refractivity contribution in [3.8, 4) is 22.8 Å². The summed E-state index contributed by atoms with van der Waals surface area (Å²) in [4.78, 5) is 4.19. The van der Waals surface area contributed by atoms with Crippen LogP contribution >= 0.6 is 0 Å². The van der Waals surface area contributed by atoms with E-state index in [2.05, 4.69) is 44.4 Å². The fourth-order valence-electron chi connectivity index (χ4n) is 2.15. The summed E-state index contributed by atoms with van der Waals surface area (Å²) in [6.07, 6.45) is 6.67. The summed E-state index contributed by atoms with van der Waals surface area (Å²) in [7, 11) is 3.75. The van der Waals surface area contributed by atoms with Gasteiger partial charge < -0.3 is 14.1 Å². The van der Waals surface area contributed by atoms with E-state index in [1.165, 1.54) is 5.56 Å². The zero-order valence-electron chi connectivity index (χ0n) is 14.6. The topological polar surface area (TPSA) is 74.3 Å². The molecule has 8 heteroatoms. The van der Waals surface area contributed by atoms with Crippen LogP contribution in [0.5, 0.6) is 0 Å². The SMILES string of the molecule is Cc1cc[c-]cc1.Cn1cnnc1-c1[c-]c(-c2nncn2C)cnc1.[Pt+2]. The summed E-state index contributed by atoms with van der Waals surface area (Å²) in [5.41, 5.74) is 2.84. The summed E-state index contributed by atoms with van der Waals surface area (Å²) >= 11 is 0. The number of rotatable bonds is 2. The number of aromatic nitrogens is 7. The Balaban J connectivity index is 0.000000258. The van der Waals surface area contributed by atoms with Crippen LogP contribution in [0.4, 0.5) is 0 Å². The van der Waals surface area contributed by atoms with Crippen LogP contribution in [-0.2, 0) is 35.2 Å². The Hall–Kier alpha value is -2.66. The number of benzene rings is 1. The molecule has 26 heavy (non-hydrogen) atoms. The minimum atomic E-state index is 0. The Kier molecular flexibility index (Phi) is 6.92. The second-order valence-corrected chi connectivity index (χ2v) is 5.47. The first-order valence-electron chi connectivity index (χ1n) is 7.64. The van der Waals surface area contributed by atoms with Gasteiger partial charge in [-0.15, -0.1) is 16.3 Å². The van der Waals surface area contributed by atoms with E-state index in [1.807, 2.05) is 47.5 Å². The van der Waals surface area contributed by atoms with Gasteiger partial charge in [0.05, 0.1) is 11.6 Å². The molecule has 4 rings (SSSR count). The summed E-state index contributed by atoms with van der Waals surface area (Å²) < 4.78 is 3.63. The van der Waals surface area contributed by atoms with Gasteiger partial charge in [-0.1, -0.05) is 18.1 Å². The van der Waals surface area contributed by atoms with Gasteiger partial charge in [-0.25, -0.2) is 0 Å². The van der Waals surface area contributed by atoms with Crippen molar-refractivity contribution in [1.29, 1.82) is 0 Å². The average molecular weight is 526 g/mol. The van der Waals surface area contributed by atoms with Crippen LogP contribution in [0.2, 0.25) is 0 Å². The molecule has 4 aromatic rings. The zero-order chi connectivity index (χ0) is 17.6. The van der Waals surface area contributed by atoms with E-state index in [4.69, 9.17) is 0 Å². The van der Waals surface area contributed by atoms with Crippen LogP contribution in [-0.4, -0.2) is 34.5 Å². The third kappa shape index (κ3) is 4.70. The molecule has 0 unspecified atom stereocenters. The number of hydrogen-bond donors (Lipinski definition) is 0. The standard InChI is InChI=1S/C11H10N7.C7H7.Pt/c1-17-6-13-15-10(17)8-3-9(5-12-4-8)11-16-14-7-18(11)2;1-7-5-3-2-4-6-7;/h4-7H,1-2H3;3-6H,1H3;/q2*-1;+2. The van der Waals surface area contributed by atoms with Gasteiger partial charge in [0.15, 0.2) is 0 Å². The first-order chi connectivity index (χ1) is 12.1. The Morgan fingerprint density at radius 1 is 0.846 bits per heavy atom.